The average Bonchev–Trinajstić information content (AvgIpc) is 2.61. The van der Waals surface area contributed by atoms with E-state index >= 15 is 0 Å². The highest BCUT2D eigenvalue weighted by Gasteiger charge is 2.27. The number of carbonyl (C=O) groups is 1. The summed E-state index contributed by atoms with van der Waals surface area (Å²) in [6.07, 6.45) is 3.18. The van der Waals surface area contributed by atoms with Gasteiger partial charge in [0.25, 0.3) is 0 Å². The van der Waals surface area contributed by atoms with Crippen molar-refractivity contribution in [2.75, 3.05) is 13.2 Å². The van der Waals surface area contributed by atoms with Crippen molar-refractivity contribution in [3.8, 4) is 0 Å². The zero-order chi connectivity index (χ0) is 10.6. The number of aliphatic hydroxyl groups excluding tert-OH is 1. The van der Waals surface area contributed by atoms with Gasteiger partial charge in [0.15, 0.2) is 0 Å². The van der Waals surface area contributed by atoms with Crippen LogP contribution in [0.25, 0.3) is 0 Å². The van der Waals surface area contributed by atoms with E-state index in [4.69, 9.17) is 10.8 Å². The first-order chi connectivity index (χ1) is 6.65. The molecule has 1 amide bonds. The van der Waals surface area contributed by atoms with Crippen LogP contribution in [0.1, 0.15) is 32.6 Å². The van der Waals surface area contributed by atoms with Gasteiger partial charge in [-0.3, -0.25) is 4.79 Å². The van der Waals surface area contributed by atoms with E-state index in [0.717, 1.165) is 25.8 Å². The molecule has 4 nitrogen and oxygen atoms in total. The molecule has 1 aliphatic rings. The van der Waals surface area contributed by atoms with Crippen molar-refractivity contribution < 1.29 is 9.90 Å². The fourth-order valence-corrected chi connectivity index (χ4v) is 1.85. The highest BCUT2D eigenvalue weighted by Crippen LogP contribution is 2.18. The third kappa shape index (κ3) is 2.96. The van der Waals surface area contributed by atoms with Crippen LogP contribution in [-0.2, 0) is 4.79 Å². The molecule has 0 saturated carbocycles. The first-order valence-electron chi connectivity index (χ1n) is 5.31. The summed E-state index contributed by atoms with van der Waals surface area (Å²) in [5.74, 6) is 0.138. The Kier molecular flexibility index (Phi) is 4.35. The largest absolute Gasteiger partial charge is 0.394 e. The third-order valence-electron chi connectivity index (χ3n) is 2.72. The molecule has 0 aromatic heterocycles. The number of hydrogen-bond donors (Lipinski definition) is 2. The second-order valence-corrected chi connectivity index (χ2v) is 4.08. The summed E-state index contributed by atoms with van der Waals surface area (Å²) < 4.78 is 0. The summed E-state index contributed by atoms with van der Waals surface area (Å²) in [7, 11) is 0. The number of nitrogens with zero attached hydrogens (tertiary/aromatic N) is 1. The molecule has 0 aromatic carbocycles. The maximum absolute atomic E-state index is 11.7. The van der Waals surface area contributed by atoms with Gasteiger partial charge < -0.3 is 15.7 Å². The lowest BCUT2D eigenvalue weighted by Crippen LogP contribution is -2.38. The Morgan fingerprint density at radius 1 is 1.71 bits per heavy atom. The maximum Gasteiger partial charge on any atom is 0.222 e. The third-order valence-corrected chi connectivity index (χ3v) is 2.72. The first kappa shape index (κ1) is 11.5. The monoisotopic (exact) mass is 200 g/mol. The van der Waals surface area contributed by atoms with Crippen molar-refractivity contribution in [2.24, 2.45) is 5.73 Å². The molecule has 1 heterocycles. The molecule has 3 N–H and O–H groups in total. The minimum Gasteiger partial charge on any atom is -0.394 e. The van der Waals surface area contributed by atoms with Gasteiger partial charge in [0.2, 0.25) is 5.91 Å². The Bertz CT molecular complexity index is 195. The molecule has 2 atom stereocenters. The highest BCUT2D eigenvalue weighted by molar-refractivity contribution is 5.76. The second kappa shape index (κ2) is 5.32. The first-order valence-corrected chi connectivity index (χ1v) is 5.31. The van der Waals surface area contributed by atoms with Crippen molar-refractivity contribution >= 4 is 5.91 Å². The van der Waals surface area contributed by atoms with Crippen molar-refractivity contribution in [2.45, 2.75) is 44.7 Å². The summed E-state index contributed by atoms with van der Waals surface area (Å²) in [6.45, 7) is 2.79. The zero-order valence-corrected chi connectivity index (χ0v) is 8.78. The lowest BCUT2D eigenvalue weighted by molar-refractivity contribution is -0.132. The van der Waals surface area contributed by atoms with E-state index in [1.165, 1.54) is 0 Å². The van der Waals surface area contributed by atoms with Gasteiger partial charge >= 0.3 is 0 Å². The molecule has 0 spiro atoms. The van der Waals surface area contributed by atoms with E-state index in [9.17, 15) is 4.79 Å². The second-order valence-electron chi connectivity index (χ2n) is 4.08. The van der Waals surface area contributed by atoms with Crippen molar-refractivity contribution in [3.05, 3.63) is 0 Å². The van der Waals surface area contributed by atoms with Gasteiger partial charge in [-0.25, -0.2) is 0 Å². The quantitative estimate of drug-likeness (QED) is 0.676. The molecule has 0 radical (unpaired) electrons. The molecule has 4 heteroatoms. The van der Waals surface area contributed by atoms with Crippen LogP contribution in [0.4, 0.5) is 0 Å². The van der Waals surface area contributed by atoms with Gasteiger partial charge in [-0.05, 0) is 26.2 Å². The number of likely N-dealkylation sites (tertiary alicyclic amines) is 1. The molecular weight excluding hydrogens is 180 g/mol. The Labute approximate surface area is 85.1 Å². The molecule has 1 saturated heterocycles. The topological polar surface area (TPSA) is 66.6 Å². The fourth-order valence-electron chi connectivity index (χ4n) is 1.85. The molecule has 0 aliphatic carbocycles. The molecule has 1 unspecified atom stereocenters. The summed E-state index contributed by atoms with van der Waals surface area (Å²) in [5.41, 5.74) is 5.59. The zero-order valence-electron chi connectivity index (χ0n) is 8.78. The predicted molar refractivity (Wildman–Crippen MR) is 54.7 cm³/mol. The van der Waals surface area contributed by atoms with Crippen LogP contribution in [0.15, 0.2) is 0 Å². The maximum atomic E-state index is 11.7. The average molecular weight is 200 g/mol. The Morgan fingerprint density at radius 2 is 2.43 bits per heavy atom. The van der Waals surface area contributed by atoms with Gasteiger partial charge in [-0.15, -0.1) is 0 Å². The summed E-state index contributed by atoms with van der Waals surface area (Å²) in [6, 6.07) is 0.129. The minimum atomic E-state index is 0.0515. The van der Waals surface area contributed by atoms with Gasteiger partial charge in [0.1, 0.15) is 0 Å². The Balaban J connectivity index is 2.35. The van der Waals surface area contributed by atoms with Crippen LogP contribution in [0, 0.1) is 0 Å². The molecule has 0 aromatic rings. The molecule has 1 aliphatic heterocycles. The van der Waals surface area contributed by atoms with Gasteiger partial charge in [-0.1, -0.05) is 0 Å². The molecule has 14 heavy (non-hydrogen) atoms. The molecule has 1 fully saturated rings. The van der Waals surface area contributed by atoms with E-state index in [1.807, 2.05) is 6.92 Å². The van der Waals surface area contributed by atoms with Gasteiger partial charge in [-0.2, -0.15) is 0 Å². The van der Waals surface area contributed by atoms with Gasteiger partial charge in [0, 0.05) is 19.0 Å². The van der Waals surface area contributed by atoms with E-state index in [-0.39, 0.29) is 24.6 Å². The summed E-state index contributed by atoms with van der Waals surface area (Å²) >= 11 is 0. The van der Waals surface area contributed by atoms with Crippen LogP contribution in [-0.4, -0.2) is 41.1 Å². The van der Waals surface area contributed by atoms with Crippen LogP contribution in [0.5, 0.6) is 0 Å². The van der Waals surface area contributed by atoms with Crippen LogP contribution in [0.2, 0.25) is 0 Å². The number of amides is 1. The lowest BCUT2D eigenvalue weighted by Gasteiger charge is -2.23. The predicted octanol–water partition coefficient (Wildman–Crippen LogP) is 0.0971. The number of aliphatic hydroxyl groups is 1. The van der Waals surface area contributed by atoms with Crippen LogP contribution in [0.3, 0.4) is 0 Å². The van der Waals surface area contributed by atoms with E-state index in [0.29, 0.717) is 6.42 Å². The standard InChI is InChI=1S/C10H20N2O2/c1-8(11)4-5-10(14)12-6-2-3-9(12)7-13/h8-9,13H,2-7,11H2,1H3/t8?,9-/m1/s1. The van der Waals surface area contributed by atoms with E-state index in [1.54, 1.807) is 4.90 Å². The van der Waals surface area contributed by atoms with E-state index in [2.05, 4.69) is 0 Å². The Hall–Kier alpha value is -0.610. The highest BCUT2D eigenvalue weighted by atomic mass is 16.3. The molecular formula is C10H20N2O2. The summed E-state index contributed by atoms with van der Waals surface area (Å²) in [5, 5.41) is 9.04. The number of carbonyl (C=O) groups excluding carboxylic acids is 1. The minimum absolute atomic E-state index is 0.0515. The molecule has 82 valence electrons. The number of rotatable bonds is 4. The SMILES string of the molecule is CC(N)CCC(=O)N1CCC[C@@H]1CO. The van der Waals surface area contributed by atoms with Crippen molar-refractivity contribution in [3.63, 3.8) is 0 Å². The summed E-state index contributed by atoms with van der Waals surface area (Å²) in [4.78, 5) is 13.5. The van der Waals surface area contributed by atoms with Crippen molar-refractivity contribution in [1.29, 1.82) is 0 Å². The van der Waals surface area contributed by atoms with Gasteiger partial charge in [0.05, 0.1) is 12.6 Å². The lowest BCUT2D eigenvalue weighted by atomic mass is 10.1. The van der Waals surface area contributed by atoms with Crippen LogP contribution >= 0.6 is 0 Å². The molecule has 1 rings (SSSR count). The number of nitrogens with two attached hydrogens (primary N) is 1. The molecule has 0 bridgehead atoms. The number of hydrogen-bond acceptors (Lipinski definition) is 3. The smallest absolute Gasteiger partial charge is 0.222 e. The fraction of sp³-hybridized carbons (Fsp3) is 0.900. The normalized spacial score (nSPS) is 23.9. The van der Waals surface area contributed by atoms with E-state index < -0.39 is 0 Å². The van der Waals surface area contributed by atoms with Crippen LogP contribution < -0.4 is 5.73 Å². The Morgan fingerprint density at radius 3 is 3.00 bits per heavy atom. The van der Waals surface area contributed by atoms with Crippen molar-refractivity contribution in [1.82, 2.24) is 4.90 Å².